The molecule has 0 saturated carbocycles. The number of ether oxygens (including phenoxy) is 1. The fraction of sp³-hybridized carbons (Fsp3) is 0.667. The van der Waals surface area contributed by atoms with Crippen LogP contribution in [0.5, 0.6) is 5.75 Å². The molecule has 1 aromatic rings. The number of hydrogen-bond acceptors (Lipinski definition) is 4. The van der Waals surface area contributed by atoms with Gasteiger partial charge in [0, 0.05) is 24.0 Å². The smallest absolute Gasteiger partial charge is 0.319 e. The molecule has 2 fully saturated rings. The molecule has 0 radical (unpaired) electrons. The van der Waals surface area contributed by atoms with E-state index in [2.05, 4.69) is 34.2 Å². The molecule has 1 atom stereocenters. The Bertz CT molecular complexity index is 567. The molecule has 0 aliphatic carbocycles. The number of nitrogens with zero attached hydrogens (tertiary/aromatic N) is 1. The van der Waals surface area contributed by atoms with Crippen LogP contribution in [-0.4, -0.2) is 54.7 Å². The second kappa shape index (κ2) is 10.8. The summed E-state index contributed by atoms with van der Waals surface area (Å²) in [6, 6.07) is 8.26. The lowest BCUT2D eigenvalue weighted by atomic mass is 9.95. The van der Waals surface area contributed by atoms with Crippen molar-refractivity contribution in [3.8, 4) is 5.75 Å². The van der Waals surface area contributed by atoms with Crippen molar-refractivity contribution in [2.75, 3.05) is 43.1 Å². The SMILES string of the molecule is CCCCOc1ccc(NC(=O)NCC2CCN(C3CCSC3)CC2)cc1. The summed E-state index contributed by atoms with van der Waals surface area (Å²) in [5, 5.41) is 5.95. The normalized spacial score (nSPS) is 21.1. The Morgan fingerprint density at radius 3 is 2.67 bits per heavy atom. The minimum absolute atomic E-state index is 0.121. The van der Waals surface area contributed by atoms with E-state index in [-0.39, 0.29) is 6.03 Å². The number of thioether (sulfide) groups is 1. The molecule has 2 heterocycles. The van der Waals surface area contributed by atoms with E-state index >= 15 is 0 Å². The minimum atomic E-state index is -0.121. The maximum atomic E-state index is 12.2. The van der Waals surface area contributed by atoms with Gasteiger partial charge >= 0.3 is 6.03 Å². The van der Waals surface area contributed by atoms with Crippen LogP contribution in [0.2, 0.25) is 0 Å². The Labute approximate surface area is 167 Å². The van der Waals surface area contributed by atoms with Crippen LogP contribution in [0, 0.1) is 5.92 Å². The highest BCUT2D eigenvalue weighted by molar-refractivity contribution is 7.99. The molecule has 2 aliphatic heterocycles. The Morgan fingerprint density at radius 1 is 1.22 bits per heavy atom. The molecule has 2 aliphatic rings. The number of carbonyl (C=O) groups is 1. The lowest BCUT2D eigenvalue weighted by Crippen LogP contribution is -2.44. The first kappa shape index (κ1) is 20.3. The van der Waals surface area contributed by atoms with Crippen LogP contribution in [0.25, 0.3) is 0 Å². The van der Waals surface area contributed by atoms with Gasteiger partial charge in [-0.05, 0) is 74.7 Å². The van der Waals surface area contributed by atoms with Crippen molar-refractivity contribution >= 4 is 23.5 Å². The van der Waals surface area contributed by atoms with Gasteiger partial charge in [0.25, 0.3) is 0 Å². The molecule has 2 amide bonds. The number of piperidine rings is 1. The summed E-state index contributed by atoms with van der Waals surface area (Å²) in [4.78, 5) is 14.8. The zero-order valence-electron chi connectivity index (χ0n) is 16.4. The molecule has 1 unspecified atom stereocenters. The third-order valence-electron chi connectivity index (χ3n) is 5.50. The summed E-state index contributed by atoms with van der Waals surface area (Å²) < 4.78 is 5.65. The number of likely N-dealkylation sites (tertiary alicyclic amines) is 1. The van der Waals surface area contributed by atoms with E-state index in [1.165, 1.54) is 43.9 Å². The topological polar surface area (TPSA) is 53.6 Å². The molecule has 2 N–H and O–H groups in total. The average molecular weight is 392 g/mol. The molecule has 2 saturated heterocycles. The molecule has 3 rings (SSSR count). The monoisotopic (exact) mass is 391 g/mol. The summed E-state index contributed by atoms with van der Waals surface area (Å²) in [6.45, 7) is 6.00. The van der Waals surface area contributed by atoms with E-state index in [1.54, 1.807) is 0 Å². The fourth-order valence-corrected chi connectivity index (χ4v) is 4.97. The first-order chi connectivity index (χ1) is 13.2. The van der Waals surface area contributed by atoms with E-state index in [4.69, 9.17) is 4.74 Å². The number of carbonyl (C=O) groups excluding carboxylic acids is 1. The second-order valence-electron chi connectivity index (χ2n) is 7.56. The molecule has 1 aromatic carbocycles. The first-order valence-corrected chi connectivity index (χ1v) is 11.5. The van der Waals surface area contributed by atoms with Crippen LogP contribution in [0.15, 0.2) is 24.3 Å². The number of urea groups is 1. The summed E-state index contributed by atoms with van der Waals surface area (Å²) in [7, 11) is 0. The van der Waals surface area contributed by atoms with E-state index in [9.17, 15) is 4.79 Å². The highest BCUT2D eigenvalue weighted by atomic mass is 32.2. The van der Waals surface area contributed by atoms with Gasteiger partial charge in [0.15, 0.2) is 0 Å². The van der Waals surface area contributed by atoms with Crippen LogP contribution in [0.3, 0.4) is 0 Å². The Morgan fingerprint density at radius 2 is 2.00 bits per heavy atom. The zero-order valence-corrected chi connectivity index (χ0v) is 17.2. The lowest BCUT2D eigenvalue weighted by Gasteiger charge is -2.35. The number of hydrogen-bond donors (Lipinski definition) is 2. The Hall–Kier alpha value is -1.40. The molecule has 150 valence electrons. The highest BCUT2D eigenvalue weighted by Gasteiger charge is 2.27. The lowest BCUT2D eigenvalue weighted by molar-refractivity contribution is 0.143. The molecular formula is C21H33N3O2S. The van der Waals surface area contributed by atoms with E-state index in [0.717, 1.165) is 43.5 Å². The highest BCUT2D eigenvalue weighted by Crippen LogP contribution is 2.26. The number of benzene rings is 1. The van der Waals surface area contributed by atoms with Crippen LogP contribution in [0.1, 0.15) is 39.0 Å². The van der Waals surface area contributed by atoms with Gasteiger partial charge in [-0.3, -0.25) is 4.90 Å². The molecular weight excluding hydrogens is 358 g/mol. The molecule has 0 bridgehead atoms. The van der Waals surface area contributed by atoms with Crippen molar-refractivity contribution < 1.29 is 9.53 Å². The minimum Gasteiger partial charge on any atom is -0.494 e. The number of anilines is 1. The van der Waals surface area contributed by atoms with E-state index in [1.807, 2.05) is 24.3 Å². The van der Waals surface area contributed by atoms with Gasteiger partial charge in [-0.15, -0.1) is 0 Å². The molecule has 0 spiro atoms. The van der Waals surface area contributed by atoms with Gasteiger partial charge in [0.2, 0.25) is 0 Å². The van der Waals surface area contributed by atoms with Crippen molar-refractivity contribution in [2.45, 2.75) is 45.1 Å². The Balaban J connectivity index is 1.32. The number of rotatable bonds is 8. The standard InChI is InChI=1S/C21H33N3O2S/c1-2-3-13-26-20-6-4-18(5-7-20)23-21(25)22-15-17-8-11-24(12-9-17)19-10-14-27-16-19/h4-7,17,19H,2-3,8-16H2,1H3,(H2,22,23,25). The van der Waals surface area contributed by atoms with Crippen LogP contribution < -0.4 is 15.4 Å². The fourth-order valence-electron chi connectivity index (χ4n) is 3.71. The third-order valence-corrected chi connectivity index (χ3v) is 6.65. The van der Waals surface area contributed by atoms with Crippen molar-refractivity contribution in [1.29, 1.82) is 0 Å². The van der Waals surface area contributed by atoms with Gasteiger partial charge in [0.1, 0.15) is 5.75 Å². The molecule has 5 nitrogen and oxygen atoms in total. The number of unbranched alkanes of at least 4 members (excludes halogenated alkanes) is 1. The molecule has 27 heavy (non-hydrogen) atoms. The summed E-state index contributed by atoms with van der Waals surface area (Å²) >= 11 is 2.08. The zero-order chi connectivity index (χ0) is 18.9. The number of amides is 2. The van der Waals surface area contributed by atoms with Gasteiger partial charge < -0.3 is 15.4 Å². The van der Waals surface area contributed by atoms with Gasteiger partial charge in [-0.2, -0.15) is 11.8 Å². The average Bonchev–Trinajstić information content (AvgIpc) is 3.23. The maximum Gasteiger partial charge on any atom is 0.319 e. The van der Waals surface area contributed by atoms with Gasteiger partial charge in [-0.1, -0.05) is 13.3 Å². The van der Waals surface area contributed by atoms with Gasteiger partial charge in [0.05, 0.1) is 6.61 Å². The third kappa shape index (κ3) is 6.61. The summed E-state index contributed by atoms with van der Waals surface area (Å²) in [5.41, 5.74) is 0.795. The molecule has 0 aromatic heterocycles. The summed E-state index contributed by atoms with van der Waals surface area (Å²) in [6.07, 6.45) is 5.90. The van der Waals surface area contributed by atoms with Crippen molar-refractivity contribution in [3.63, 3.8) is 0 Å². The number of nitrogens with one attached hydrogen (secondary N) is 2. The Kier molecular flexibility index (Phi) is 8.14. The van der Waals surface area contributed by atoms with Gasteiger partial charge in [-0.25, -0.2) is 4.79 Å². The largest absolute Gasteiger partial charge is 0.494 e. The van der Waals surface area contributed by atoms with Crippen LogP contribution in [-0.2, 0) is 0 Å². The second-order valence-corrected chi connectivity index (χ2v) is 8.71. The predicted molar refractivity (Wildman–Crippen MR) is 114 cm³/mol. The van der Waals surface area contributed by atoms with E-state index < -0.39 is 0 Å². The predicted octanol–water partition coefficient (Wildman–Crippen LogP) is 4.20. The first-order valence-electron chi connectivity index (χ1n) is 10.3. The molecule has 6 heteroatoms. The maximum absolute atomic E-state index is 12.2. The van der Waals surface area contributed by atoms with Crippen molar-refractivity contribution in [1.82, 2.24) is 10.2 Å². The quantitative estimate of drug-likeness (QED) is 0.652. The van der Waals surface area contributed by atoms with Crippen molar-refractivity contribution in [2.24, 2.45) is 5.92 Å². The van der Waals surface area contributed by atoms with E-state index in [0.29, 0.717) is 5.92 Å². The van der Waals surface area contributed by atoms with Crippen LogP contribution in [0.4, 0.5) is 10.5 Å². The summed E-state index contributed by atoms with van der Waals surface area (Å²) in [5.74, 6) is 4.06. The van der Waals surface area contributed by atoms with Crippen molar-refractivity contribution in [3.05, 3.63) is 24.3 Å². The van der Waals surface area contributed by atoms with Crippen LogP contribution >= 0.6 is 11.8 Å².